The maximum Gasteiger partial charge on any atom is 0.573 e. The number of thioether (sulfide) groups is 1. The first-order chi connectivity index (χ1) is 14.6. The van der Waals surface area contributed by atoms with Crippen molar-refractivity contribution in [3.63, 3.8) is 0 Å². The number of carbonyl (C=O) groups excluding carboxylic acids is 1. The van der Waals surface area contributed by atoms with Crippen molar-refractivity contribution >= 4 is 34.4 Å². The maximum absolute atomic E-state index is 12.7. The number of ether oxygens (including phenoxy) is 2. The van der Waals surface area contributed by atoms with Gasteiger partial charge in [-0.25, -0.2) is 4.99 Å². The summed E-state index contributed by atoms with van der Waals surface area (Å²) in [4.78, 5) is 16.5. The molecule has 2 N–H and O–H groups in total. The first-order valence-electron chi connectivity index (χ1n) is 9.10. The van der Waals surface area contributed by atoms with E-state index in [9.17, 15) is 18.0 Å². The molecule has 0 saturated heterocycles. The van der Waals surface area contributed by atoms with E-state index in [1.165, 1.54) is 34.5 Å². The number of nitrogens with zero attached hydrogens (tertiary/aromatic N) is 2. The topological polar surface area (TPSA) is 78.8 Å². The highest BCUT2D eigenvalue weighted by molar-refractivity contribution is 8.03. The second-order valence-corrected chi connectivity index (χ2v) is 7.17. The maximum atomic E-state index is 12.7. The van der Waals surface area contributed by atoms with E-state index in [4.69, 9.17) is 10.5 Å². The molecule has 10 heteroatoms. The van der Waals surface area contributed by atoms with Crippen LogP contribution in [0.5, 0.6) is 5.75 Å². The fraction of sp³-hybridized carbons (Fsp3) is 0.238. The van der Waals surface area contributed by atoms with Crippen LogP contribution in [0.4, 0.5) is 13.2 Å². The Morgan fingerprint density at radius 2 is 2.03 bits per heavy atom. The third-order valence-electron chi connectivity index (χ3n) is 3.79. The molecule has 6 nitrogen and oxygen atoms in total. The molecule has 166 valence electrons. The molecule has 2 aromatic rings. The van der Waals surface area contributed by atoms with E-state index in [0.29, 0.717) is 28.5 Å². The quantitative estimate of drug-likeness (QED) is 0.321. The van der Waals surface area contributed by atoms with Gasteiger partial charge in [-0.3, -0.25) is 9.36 Å². The van der Waals surface area contributed by atoms with Gasteiger partial charge < -0.3 is 15.2 Å². The molecule has 0 aliphatic carbocycles. The number of allylic oxidation sites excluding steroid dienone is 2. The number of aromatic nitrogens is 1. The Kier molecular flexibility index (Phi) is 7.98. The van der Waals surface area contributed by atoms with Crippen LogP contribution in [0.3, 0.4) is 0 Å². The number of amides is 1. The Hall–Kier alpha value is -3.14. The number of primary amides is 1. The smallest absolute Gasteiger partial charge is 0.498 e. The predicted octanol–water partition coefficient (Wildman–Crippen LogP) is 5.22. The molecule has 1 amide bonds. The van der Waals surface area contributed by atoms with Crippen LogP contribution in [-0.4, -0.2) is 35.0 Å². The molecule has 31 heavy (non-hydrogen) atoms. The number of fused-ring (bicyclic) bond motifs is 1. The molecular weight excluding hydrogens is 431 g/mol. The molecule has 1 heterocycles. The van der Waals surface area contributed by atoms with Gasteiger partial charge in [0.1, 0.15) is 17.3 Å². The van der Waals surface area contributed by atoms with Crippen molar-refractivity contribution in [1.29, 1.82) is 0 Å². The first kappa shape index (κ1) is 24.1. The minimum absolute atomic E-state index is 0.0486. The number of halogens is 3. The van der Waals surface area contributed by atoms with Crippen molar-refractivity contribution < 1.29 is 27.4 Å². The van der Waals surface area contributed by atoms with Crippen LogP contribution in [-0.2, 0) is 4.74 Å². The third-order valence-corrected chi connectivity index (χ3v) is 4.69. The molecule has 0 atom stereocenters. The fourth-order valence-electron chi connectivity index (χ4n) is 2.69. The molecule has 0 spiro atoms. The van der Waals surface area contributed by atoms with Gasteiger partial charge in [-0.1, -0.05) is 31.0 Å². The van der Waals surface area contributed by atoms with Crippen molar-refractivity contribution in [2.45, 2.75) is 20.2 Å². The van der Waals surface area contributed by atoms with Crippen molar-refractivity contribution in [1.82, 2.24) is 4.57 Å². The van der Waals surface area contributed by atoms with Gasteiger partial charge in [0.2, 0.25) is 0 Å². The fourth-order valence-corrected chi connectivity index (χ4v) is 3.26. The van der Waals surface area contributed by atoms with E-state index in [0.717, 1.165) is 6.07 Å². The number of carbonyl (C=O) groups is 1. The lowest BCUT2D eigenvalue weighted by Gasteiger charge is -2.12. The predicted molar refractivity (Wildman–Crippen MR) is 117 cm³/mol. The minimum Gasteiger partial charge on any atom is -0.498 e. The number of benzene rings is 1. The van der Waals surface area contributed by atoms with Gasteiger partial charge in [0, 0.05) is 11.5 Å². The summed E-state index contributed by atoms with van der Waals surface area (Å²) < 4.78 is 48.6. The highest BCUT2D eigenvalue weighted by Gasteiger charge is 2.31. The van der Waals surface area contributed by atoms with E-state index in [1.807, 2.05) is 6.92 Å². The van der Waals surface area contributed by atoms with E-state index < -0.39 is 18.0 Å². The number of aliphatic imine (C=N–C) groups is 1. The molecule has 0 aliphatic heterocycles. The molecule has 0 saturated carbocycles. The molecule has 0 unspecified atom stereocenters. The summed E-state index contributed by atoms with van der Waals surface area (Å²) >= 11 is 1.26. The molecule has 0 aliphatic rings. The van der Waals surface area contributed by atoms with Crippen LogP contribution >= 0.6 is 11.8 Å². The minimum atomic E-state index is -4.86. The average Bonchev–Trinajstić information content (AvgIpc) is 3.04. The number of hydrogen-bond acceptors (Lipinski definition) is 5. The second-order valence-electron chi connectivity index (χ2n) is 6.12. The Labute approximate surface area is 181 Å². The van der Waals surface area contributed by atoms with Gasteiger partial charge in [0.25, 0.3) is 5.91 Å². The number of hydrogen-bond donors (Lipinski definition) is 1. The van der Waals surface area contributed by atoms with Crippen molar-refractivity contribution in [2.75, 3.05) is 12.4 Å². The highest BCUT2D eigenvalue weighted by atomic mass is 32.2. The zero-order valence-electron chi connectivity index (χ0n) is 17.0. The van der Waals surface area contributed by atoms with Gasteiger partial charge in [0.05, 0.1) is 28.7 Å². The average molecular weight is 453 g/mol. The van der Waals surface area contributed by atoms with E-state index in [1.54, 1.807) is 19.1 Å². The monoisotopic (exact) mass is 453 g/mol. The van der Waals surface area contributed by atoms with Crippen molar-refractivity contribution in [3.8, 4) is 5.75 Å². The molecule has 0 bridgehead atoms. The molecule has 1 aromatic heterocycles. The largest absolute Gasteiger partial charge is 0.573 e. The van der Waals surface area contributed by atoms with E-state index in [2.05, 4.69) is 22.9 Å². The zero-order valence-corrected chi connectivity index (χ0v) is 17.8. The number of alkyl halides is 3. The summed E-state index contributed by atoms with van der Waals surface area (Å²) in [5, 5.41) is 0.873. The van der Waals surface area contributed by atoms with Gasteiger partial charge in [-0.05, 0) is 38.1 Å². The number of rotatable bonds is 9. The summed E-state index contributed by atoms with van der Waals surface area (Å²) in [7, 11) is 0. The van der Waals surface area contributed by atoms with E-state index >= 15 is 0 Å². The standard InChI is InChI=1S/C21H22F3N3O3S/c1-5-7-19(26-14(4)31-12-13(3)29-6-2)27-17-11-16(30-21(22,23)24)9-8-15(17)10-18(27)20(25)28/h5,7-11H,3-4,6,12H2,1-2H3,(H2,25,28)/b7-5-,26-19+. The Balaban J connectivity index is 2.54. The second kappa shape index (κ2) is 10.3. The Bertz CT molecular complexity index is 1060. The van der Waals surface area contributed by atoms with Crippen LogP contribution in [0.1, 0.15) is 24.3 Å². The van der Waals surface area contributed by atoms with Gasteiger partial charge in [-0.15, -0.1) is 13.2 Å². The number of nitrogens with two attached hydrogens (primary N) is 1. The molecule has 1 aromatic carbocycles. The van der Waals surface area contributed by atoms with Crippen LogP contribution in [0.25, 0.3) is 10.9 Å². The first-order valence-corrected chi connectivity index (χ1v) is 10.1. The van der Waals surface area contributed by atoms with Crippen LogP contribution in [0.15, 0.2) is 65.4 Å². The summed E-state index contributed by atoms with van der Waals surface area (Å²) in [6.45, 7) is 11.7. The molecule has 2 rings (SSSR count). The summed E-state index contributed by atoms with van der Waals surface area (Å²) in [6, 6.07) is 5.20. The summed E-state index contributed by atoms with van der Waals surface area (Å²) in [5.74, 6) is 0.00788. The molecular formula is C21H22F3N3O3S. The Morgan fingerprint density at radius 3 is 2.61 bits per heavy atom. The lowest BCUT2D eigenvalue weighted by molar-refractivity contribution is -0.274. The SMILES string of the molecule is C=C(CSC(=C)/N=C(\C=C/C)n1c(C(N)=O)cc2ccc(OC(F)(F)F)cc21)OCC. The summed E-state index contributed by atoms with van der Waals surface area (Å²) in [6.07, 6.45) is -1.60. The highest BCUT2D eigenvalue weighted by Crippen LogP contribution is 2.29. The van der Waals surface area contributed by atoms with Gasteiger partial charge >= 0.3 is 6.36 Å². The zero-order chi connectivity index (χ0) is 23.2. The van der Waals surface area contributed by atoms with Crippen LogP contribution in [0.2, 0.25) is 0 Å². The lowest BCUT2D eigenvalue weighted by Crippen LogP contribution is -2.21. The van der Waals surface area contributed by atoms with Crippen LogP contribution in [0, 0.1) is 0 Å². The lowest BCUT2D eigenvalue weighted by atomic mass is 10.2. The molecule has 0 radical (unpaired) electrons. The van der Waals surface area contributed by atoms with E-state index in [-0.39, 0.29) is 17.0 Å². The van der Waals surface area contributed by atoms with Gasteiger partial charge in [0.15, 0.2) is 0 Å². The normalized spacial score (nSPS) is 12.4. The Morgan fingerprint density at radius 1 is 1.32 bits per heavy atom. The molecule has 0 fully saturated rings. The van der Waals surface area contributed by atoms with Crippen molar-refractivity contribution in [3.05, 3.63) is 66.1 Å². The van der Waals surface area contributed by atoms with Crippen molar-refractivity contribution in [2.24, 2.45) is 10.7 Å². The van der Waals surface area contributed by atoms with Crippen LogP contribution < -0.4 is 10.5 Å². The van der Waals surface area contributed by atoms with Gasteiger partial charge in [-0.2, -0.15) is 0 Å². The summed E-state index contributed by atoms with van der Waals surface area (Å²) in [5.41, 5.74) is 5.83. The third kappa shape index (κ3) is 6.68.